The van der Waals surface area contributed by atoms with Gasteiger partial charge in [0.1, 0.15) is 46.0 Å². The maximum atomic E-state index is 14.7. The first-order chi connectivity index (χ1) is 21.7. The van der Waals surface area contributed by atoms with Gasteiger partial charge in [-0.25, -0.2) is 0 Å². The zero-order valence-electron chi connectivity index (χ0n) is 23.3. The fourth-order valence-corrected chi connectivity index (χ4v) is 5.08. The molecule has 0 spiro atoms. The van der Waals surface area contributed by atoms with Crippen LogP contribution in [0.4, 0.5) is 0 Å². The molecule has 0 heterocycles. The lowest BCUT2D eigenvalue weighted by Crippen LogP contribution is -2.24. The first kappa shape index (κ1) is 26.7. The summed E-state index contributed by atoms with van der Waals surface area (Å²) in [6.07, 6.45) is 0. The Balaban J connectivity index is 1.43. The van der Waals surface area contributed by atoms with Gasteiger partial charge in [0.2, 0.25) is 11.6 Å². The third-order valence-electron chi connectivity index (χ3n) is 7.05. The maximum absolute atomic E-state index is 14.7. The van der Waals surface area contributed by atoms with E-state index in [-0.39, 0.29) is 45.3 Å². The van der Waals surface area contributed by atoms with Crippen molar-refractivity contribution in [3.05, 3.63) is 168 Å². The Morgan fingerprint density at radius 2 is 0.477 bits per heavy atom. The number of benzene rings is 6. The van der Waals surface area contributed by atoms with Gasteiger partial charge in [0, 0.05) is 0 Å². The van der Waals surface area contributed by atoms with Crippen LogP contribution in [-0.2, 0) is 0 Å². The lowest BCUT2D eigenvalue weighted by Gasteiger charge is -2.25. The minimum atomic E-state index is -0.455. The van der Waals surface area contributed by atoms with Gasteiger partial charge in [-0.05, 0) is 72.8 Å². The quantitative estimate of drug-likeness (QED) is 0.179. The summed E-state index contributed by atoms with van der Waals surface area (Å²) in [6.45, 7) is 0. The third kappa shape index (κ3) is 5.16. The standard InChI is InChI=1S/C38H24O6/c39-37-33-29(41-25-13-5-1-6-14-25)21-22-30(42-26-15-7-2-8-16-26)34(33)38(40)36-32(44-28-19-11-4-12-20-28)24-23-31(35(36)37)43-27-17-9-3-10-18-27/h1-24H. The number of para-hydroxylation sites is 4. The highest BCUT2D eigenvalue weighted by atomic mass is 16.5. The fraction of sp³-hybridized carbons (Fsp3) is 0. The van der Waals surface area contributed by atoms with Crippen molar-refractivity contribution < 1.29 is 28.5 Å². The van der Waals surface area contributed by atoms with E-state index in [1.165, 1.54) is 0 Å². The lowest BCUT2D eigenvalue weighted by molar-refractivity contribution is 0.0971. The topological polar surface area (TPSA) is 71.1 Å². The molecule has 44 heavy (non-hydrogen) atoms. The van der Waals surface area contributed by atoms with Gasteiger partial charge < -0.3 is 18.9 Å². The predicted octanol–water partition coefficient (Wildman–Crippen LogP) is 9.63. The van der Waals surface area contributed by atoms with Crippen LogP contribution < -0.4 is 18.9 Å². The molecule has 6 aromatic carbocycles. The van der Waals surface area contributed by atoms with Gasteiger partial charge in [0.25, 0.3) is 0 Å². The summed E-state index contributed by atoms with van der Waals surface area (Å²) in [5.74, 6) is 2.02. The van der Waals surface area contributed by atoms with Crippen molar-refractivity contribution in [1.82, 2.24) is 0 Å². The van der Waals surface area contributed by atoms with Crippen molar-refractivity contribution in [3.8, 4) is 46.0 Å². The second kappa shape index (κ2) is 11.6. The highest BCUT2D eigenvalue weighted by Crippen LogP contribution is 2.47. The van der Waals surface area contributed by atoms with Gasteiger partial charge in [0.15, 0.2) is 0 Å². The first-order valence-electron chi connectivity index (χ1n) is 14.0. The summed E-state index contributed by atoms with van der Waals surface area (Å²) in [7, 11) is 0. The van der Waals surface area contributed by atoms with E-state index < -0.39 is 11.6 Å². The van der Waals surface area contributed by atoms with Crippen molar-refractivity contribution >= 4 is 11.6 Å². The second-order valence-corrected chi connectivity index (χ2v) is 9.94. The molecule has 6 heteroatoms. The molecule has 0 aromatic heterocycles. The molecule has 0 amide bonds. The number of hydrogen-bond donors (Lipinski definition) is 0. The summed E-state index contributed by atoms with van der Waals surface area (Å²) in [5.41, 5.74) is 0.313. The Morgan fingerprint density at radius 3 is 0.682 bits per heavy atom. The van der Waals surface area contributed by atoms with Crippen LogP contribution in [-0.4, -0.2) is 11.6 Å². The minimum Gasteiger partial charge on any atom is -0.457 e. The van der Waals surface area contributed by atoms with Crippen LogP contribution in [0.2, 0.25) is 0 Å². The van der Waals surface area contributed by atoms with E-state index in [1.807, 2.05) is 72.8 Å². The number of carbonyl (C=O) groups excluding carboxylic acids is 2. The maximum Gasteiger partial charge on any atom is 0.202 e. The molecule has 0 radical (unpaired) electrons. The smallest absolute Gasteiger partial charge is 0.202 e. The molecule has 0 saturated heterocycles. The van der Waals surface area contributed by atoms with Crippen molar-refractivity contribution in [2.45, 2.75) is 0 Å². The van der Waals surface area contributed by atoms with E-state index in [0.29, 0.717) is 23.0 Å². The number of fused-ring (bicyclic) bond motifs is 2. The monoisotopic (exact) mass is 576 g/mol. The Kier molecular flexibility index (Phi) is 7.06. The van der Waals surface area contributed by atoms with Crippen LogP contribution in [0.3, 0.4) is 0 Å². The van der Waals surface area contributed by atoms with E-state index in [2.05, 4.69) is 0 Å². The lowest BCUT2D eigenvalue weighted by atomic mass is 9.82. The fourth-order valence-electron chi connectivity index (χ4n) is 5.08. The molecule has 0 fully saturated rings. The predicted molar refractivity (Wildman–Crippen MR) is 166 cm³/mol. The van der Waals surface area contributed by atoms with Gasteiger partial charge in [-0.1, -0.05) is 72.8 Å². The molecule has 0 bridgehead atoms. The zero-order valence-corrected chi connectivity index (χ0v) is 23.3. The molecule has 6 nitrogen and oxygen atoms in total. The summed E-state index contributed by atoms with van der Waals surface area (Å²) in [4.78, 5) is 29.3. The molecule has 212 valence electrons. The first-order valence-corrected chi connectivity index (χ1v) is 14.0. The summed E-state index contributed by atoms with van der Waals surface area (Å²) in [6, 6.07) is 42.9. The van der Waals surface area contributed by atoms with Crippen LogP contribution in [0.1, 0.15) is 31.8 Å². The van der Waals surface area contributed by atoms with Gasteiger partial charge in [-0.15, -0.1) is 0 Å². The minimum absolute atomic E-state index is 0.0783. The van der Waals surface area contributed by atoms with Gasteiger partial charge >= 0.3 is 0 Å². The van der Waals surface area contributed by atoms with Crippen molar-refractivity contribution in [2.75, 3.05) is 0 Å². The zero-order chi connectivity index (χ0) is 29.9. The Hall–Kier alpha value is -6.14. The number of hydrogen-bond acceptors (Lipinski definition) is 6. The SMILES string of the molecule is O=C1c2c(Oc3ccccc3)ccc(Oc3ccccc3)c2C(=O)c2c(Oc3ccccc3)ccc(Oc3ccccc3)c21. The van der Waals surface area contributed by atoms with Crippen LogP contribution in [0, 0.1) is 0 Å². The molecule has 7 rings (SSSR count). The van der Waals surface area contributed by atoms with Gasteiger partial charge in [-0.2, -0.15) is 0 Å². The van der Waals surface area contributed by atoms with E-state index in [1.54, 1.807) is 72.8 Å². The molecule has 0 atom stereocenters. The van der Waals surface area contributed by atoms with E-state index in [4.69, 9.17) is 18.9 Å². The summed E-state index contributed by atoms with van der Waals surface area (Å²) >= 11 is 0. The van der Waals surface area contributed by atoms with Gasteiger partial charge in [-0.3, -0.25) is 9.59 Å². The van der Waals surface area contributed by atoms with E-state index in [9.17, 15) is 9.59 Å². The Labute approximate surface area is 253 Å². The number of ketones is 2. The molecule has 1 aliphatic rings. The van der Waals surface area contributed by atoms with E-state index in [0.717, 1.165) is 0 Å². The highest BCUT2D eigenvalue weighted by Gasteiger charge is 2.40. The molecular weight excluding hydrogens is 552 g/mol. The molecule has 6 aromatic rings. The van der Waals surface area contributed by atoms with Gasteiger partial charge in [0.05, 0.1) is 22.3 Å². The second-order valence-electron chi connectivity index (χ2n) is 9.94. The summed E-state index contributed by atoms with van der Waals surface area (Å²) in [5, 5.41) is 0. The average Bonchev–Trinajstić information content (AvgIpc) is 3.06. The van der Waals surface area contributed by atoms with Crippen molar-refractivity contribution in [1.29, 1.82) is 0 Å². The normalized spacial score (nSPS) is 11.7. The van der Waals surface area contributed by atoms with Crippen LogP contribution in [0.25, 0.3) is 0 Å². The average molecular weight is 577 g/mol. The van der Waals surface area contributed by atoms with Crippen molar-refractivity contribution in [2.24, 2.45) is 0 Å². The number of rotatable bonds is 8. The highest BCUT2D eigenvalue weighted by molar-refractivity contribution is 6.32. The Morgan fingerprint density at radius 1 is 0.273 bits per heavy atom. The molecule has 0 unspecified atom stereocenters. The van der Waals surface area contributed by atoms with Crippen LogP contribution >= 0.6 is 0 Å². The molecular formula is C38H24O6. The van der Waals surface area contributed by atoms with Crippen LogP contribution in [0.15, 0.2) is 146 Å². The molecule has 0 saturated carbocycles. The Bertz CT molecular complexity index is 1680. The summed E-state index contributed by atoms with van der Waals surface area (Å²) < 4.78 is 24.8. The number of carbonyl (C=O) groups is 2. The number of ether oxygens (including phenoxy) is 4. The largest absolute Gasteiger partial charge is 0.457 e. The van der Waals surface area contributed by atoms with E-state index >= 15 is 0 Å². The third-order valence-corrected chi connectivity index (χ3v) is 7.05. The van der Waals surface area contributed by atoms with Crippen LogP contribution in [0.5, 0.6) is 46.0 Å². The molecule has 1 aliphatic carbocycles. The molecule has 0 aliphatic heterocycles. The molecule has 0 N–H and O–H groups in total. The van der Waals surface area contributed by atoms with Crippen molar-refractivity contribution in [3.63, 3.8) is 0 Å².